The van der Waals surface area contributed by atoms with Gasteiger partial charge in [-0.1, -0.05) is 49.4 Å². The van der Waals surface area contributed by atoms with E-state index in [-0.39, 0.29) is 18.3 Å². The number of nitrogens with one attached hydrogen (secondary N) is 1. The number of hydrogen-bond donors (Lipinski definition) is 1. The number of nitrogens with zero attached hydrogens (tertiary/aromatic N) is 1. The van der Waals surface area contributed by atoms with Gasteiger partial charge in [0.15, 0.2) is 18.2 Å². The highest BCUT2D eigenvalue weighted by Crippen LogP contribution is 2.15. The highest BCUT2D eigenvalue weighted by Gasteiger charge is 2.05. The van der Waals surface area contributed by atoms with Crippen molar-refractivity contribution in [3.05, 3.63) is 66.0 Å². The van der Waals surface area contributed by atoms with Crippen LogP contribution in [0.3, 0.4) is 0 Å². The van der Waals surface area contributed by atoms with Crippen molar-refractivity contribution in [2.24, 2.45) is 5.10 Å². The Morgan fingerprint density at radius 2 is 1.91 bits per heavy atom. The Labute approximate surface area is 128 Å². The van der Waals surface area contributed by atoms with E-state index in [1.165, 1.54) is 12.1 Å². The first-order valence-electron chi connectivity index (χ1n) is 6.91. The van der Waals surface area contributed by atoms with Gasteiger partial charge >= 0.3 is 0 Å². The van der Waals surface area contributed by atoms with Crippen molar-refractivity contribution in [3.8, 4) is 5.75 Å². The van der Waals surface area contributed by atoms with E-state index in [0.717, 1.165) is 5.56 Å². The standard InChI is InChI=1S/C17H17FN2O2/c1-13(14-7-3-2-4-8-14)11-19-20-17(21)12-22-16-10-6-5-9-15(16)18/h2-11,13H,12H2,1H3,(H,20,21)/b19-11-/t13-/m0/s1. The molecule has 0 unspecified atom stereocenters. The van der Waals surface area contributed by atoms with Crippen molar-refractivity contribution < 1.29 is 13.9 Å². The second-order valence-electron chi connectivity index (χ2n) is 4.73. The lowest BCUT2D eigenvalue weighted by molar-refractivity contribution is -0.123. The number of para-hydroxylation sites is 1. The Balaban J connectivity index is 1.78. The second-order valence-corrected chi connectivity index (χ2v) is 4.73. The summed E-state index contributed by atoms with van der Waals surface area (Å²) in [6, 6.07) is 15.7. The monoisotopic (exact) mass is 300 g/mol. The zero-order valence-corrected chi connectivity index (χ0v) is 12.2. The molecule has 0 spiro atoms. The molecule has 1 atom stereocenters. The van der Waals surface area contributed by atoms with E-state index < -0.39 is 11.7 Å². The van der Waals surface area contributed by atoms with Crippen LogP contribution in [0.2, 0.25) is 0 Å². The first kappa shape index (κ1) is 15.7. The molecule has 114 valence electrons. The van der Waals surface area contributed by atoms with Gasteiger partial charge in [-0.15, -0.1) is 0 Å². The van der Waals surface area contributed by atoms with Gasteiger partial charge in [-0.2, -0.15) is 5.10 Å². The van der Waals surface area contributed by atoms with Gasteiger partial charge in [-0.25, -0.2) is 9.82 Å². The summed E-state index contributed by atoms with van der Waals surface area (Å²) in [5, 5.41) is 3.88. The molecule has 0 bridgehead atoms. The number of halogens is 1. The first-order valence-corrected chi connectivity index (χ1v) is 6.91. The van der Waals surface area contributed by atoms with Gasteiger partial charge in [-0.3, -0.25) is 4.79 Å². The van der Waals surface area contributed by atoms with Crippen LogP contribution in [0.25, 0.3) is 0 Å². The summed E-state index contributed by atoms with van der Waals surface area (Å²) in [7, 11) is 0. The third kappa shape index (κ3) is 4.70. The summed E-state index contributed by atoms with van der Waals surface area (Å²) >= 11 is 0. The Morgan fingerprint density at radius 1 is 1.23 bits per heavy atom. The van der Waals surface area contributed by atoms with Gasteiger partial charge < -0.3 is 4.74 Å². The van der Waals surface area contributed by atoms with E-state index in [1.54, 1.807) is 18.3 Å². The minimum absolute atomic E-state index is 0.0410. The molecule has 1 amide bonds. The van der Waals surface area contributed by atoms with Gasteiger partial charge in [0.05, 0.1) is 0 Å². The summed E-state index contributed by atoms with van der Waals surface area (Å²) in [5.41, 5.74) is 3.46. The van der Waals surface area contributed by atoms with Crippen molar-refractivity contribution in [2.75, 3.05) is 6.61 Å². The Hall–Kier alpha value is -2.69. The molecule has 4 nitrogen and oxygen atoms in total. The van der Waals surface area contributed by atoms with Crippen molar-refractivity contribution in [1.82, 2.24) is 5.43 Å². The van der Waals surface area contributed by atoms with Crippen molar-refractivity contribution in [2.45, 2.75) is 12.8 Å². The predicted molar refractivity (Wildman–Crippen MR) is 83.4 cm³/mol. The van der Waals surface area contributed by atoms with Crippen LogP contribution in [0.15, 0.2) is 59.7 Å². The van der Waals surface area contributed by atoms with Crippen molar-refractivity contribution >= 4 is 12.1 Å². The highest BCUT2D eigenvalue weighted by molar-refractivity contribution is 5.78. The normalized spacial score (nSPS) is 12.1. The predicted octanol–water partition coefficient (Wildman–Crippen LogP) is 3.11. The summed E-state index contributed by atoms with van der Waals surface area (Å²) in [6.07, 6.45) is 1.64. The van der Waals surface area contributed by atoms with E-state index in [2.05, 4.69) is 10.5 Å². The number of hydrazone groups is 1. The van der Waals surface area contributed by atoms with Crippen LogP contribution in [0.5, 0.6) is 5.75 Å². The molecule has 0 heterocycles. The molecule has 2 aromatic carbocycles. The maximum Gasteiger partial charge on any atom is 0.277 e. The molecule has 5 heteroatoms. The molecular weight excluding hydrogens is 283 g/mol. The van der Waals surface area contributed by atoms with Gasteiger partial charge in [0, 0.05) is 12.1 Å². The Bertz CT molecular complexity index is 644. The molecule has 0 aliphatic rings. The summed E-state index contributed by atoms with van der Waals surface area (Å²) in [6.45, 7) is 1.68. The lowest BCUT2D eigenvalue weighted by atomic mass is 10.0. The molecule has 0 aliphatic carbocycles. The van der Waals surface area contributed by atoms with E-state index in [1.807, 2.05) is 37.3 Å². The van der Waals surface area contributed by atoms with Crippen LogP contribution in [0.1, 0.15) is 18.4 Å². The third-order valence-corrected chi connectivity index (χ3v) is 3.01. The molecule has 22 heavy (non-hydrogen) atoms. The maximum absolute atomic E-state index is 13.3. The SMILES string of the molecule is C[C@@H](/C=N\NC(=O)COc1ccccc1F)c1ccccc1. The molecule has 2 rings (SSSR count). The van der Waals surface area contributed by atoms with Gasteiger partial charge in [0.1, 0.15) is 0 Å². The van der Waals surface area contributed by atoms with Gasteiger partial charge in [-0.05, 0) is 17.7 Å². The van der Waals surface area contributed by atoms with Crippen LogP contribution in [0, 0.1) is 5.82 Å². The Morgan fingerprint density at radius 3 is 2.64 bits per heavy atom. The van der Waals surface area contributed by atoms with Crippen LogP contribution < -0.4 is 10.2 Å². The zero-order valence-electron chi connectivity index (χ0n) is 12.2. The topological polar surface area (TPSA) is 50.7 Å². The fourth-order valence-corrected chi connectivity index (χ4v) is 1.80. The summed E-state index contributed by atoms with van der Waals surface area (Å²) < 4.78 is 18.4. The smallest absolute Gasteiger partial charge is 0.277 e. The molecule has 0 aromatic heterocycles. The van der Waals surface area contributed by atoms with Crippen molar-refractivity contribution in [1.29, 1.82) is 0 Å². The minimum atomic E-state index is -0.503. The number of amides is 1. The van der Waals surface area contributed by atoms with E-state index >= 15 is 0 Å². The number of hydrogen-bond acceptors (Lipinski definition) is 3. The van der Waals surface area contributed by atoms with Gasteiger partial charge in [0.2, 0.25) is 0 Å². The fraction of sp³-hybridized carbons (Fsp3) is 0.176. The van der Waals surface area contributed by atoms with E-state index in [4.69, 9.17) is 4.74 Å². The third-order valence-electron chi connectivity index (χ3n) is 3.01. The molecule has 0 radical (unpaired) electrons. The molecule has 1 N–H and O–H groups in total. The number of rotatable bonds is 6. The van der Waals surface area contributed by atoms with Crippen LogP contribution in [0.4, 0.5) is 4.39 Å². The molecule has 0 saturated carbocycles. The largest absolute Gasteiger partial charge is 0.481 e. The number of benzene rings is 2. The minimum Gasteiger partial charge on any atom is -0.481 e. The lowest BCUT2D eigenvalue weighted by Gasteiger charge is -2.07. The lowest BCUT2D eigenvalue weighted by Crippen LogP contribution is -2.25. The number of ether oxygens (including phenoxy) is 1. The number of carbonyl (C=O) groups is 1. The average molecular weight is 300 g/mol. The highest BCUT2D eigenvalue weighted by atomic mass is 19.1. The fourth-order valence-electron chi connectivity index (χ4n) is 1.80. The van der Waals surface area contributed by atoms with Crippen LogP contribution in [-0.4, -0.2) is 18.7 Å². The Kier molecular flexibility index (Phi) is 5.65. The molecule has 2 aromatic rings. The van der Waals surface area contributed by atoms with Gasteiger partial charge in [0.25, 0.3) is 5.91 Å². The number of carbonyl (C=O) groups excluding carboxylic acids is 1. The summed E-state index contributed by atoms with van der Waals surface area (Å²) in [5.74, 6) is -0.829. The van der Waals surface area contributed by atoms with E-state index in [9.17, 15) is 9.18 Å². The zero-order chi connectivity index (χ0) is 15.8. The second kappa shape index (κ2) is 7.93. The molecule has 0 fully saturated rings. The summed E-state index contributed by atoms with van der Waals surface area (Å²) in [4.78, 5) is 11.6. The van der Waals surface area contributed by atoms with E-state index in [0.29, 0.717) is 0 Å². The average Bonchev–Trinajstić information content (AvgIpc) is 2.55. The van der Waals surface area contributed by atoms with Crippen molar-refractivity contribution in [3.63, 3.8) is 0 Å². The first-order chi connectivity index (χ1) is 10.7. The molecular formula is C17H17FN2O2. The molecule has 0 aliphatic heterocycles. The maximum atomic E-state index is 13.3. The van der Waals surface area contributed by atoms with Crippen LogP contribution >= 0.6 is 0 Å². The molecule has 0 saturated heterocycles. The quantitative estimate of drug-likeness (QED) is 0.658. The van der Waals surface area contributed by atoms with Crippen LogP contribution in [-0.2, 0) is 4.79 Å².